The minimum absolute atomic E-state index is 0. The Bertz CT molecular complexity index is 912. The van der Waals surface area contributed by atoms with Gasteiger partial charge in [-0.25, -0.2) is 12.2 Å². The average molecular weight is 519 g/mol. The molecule has 0 N–H and O–H groups in total. The van der Waals surface area contributed by atoms with Crippen molar-refractivity contribution < 1.29 is 51.0 Å². The molecule has 3 heteroatoms. The molecule has 0 nitrogen and oxygen atoms in total. The van der Waals surface area contributed by atoms with E-state index in [-0.39, 0.29) is 73.3 Å². The van der Waals surface area contributed by atoms with Crippen LogP contribution in [0.3, 0.4) is 0 Å². The van der Waals surface area contributed by atoms with Gasteiger partial charge in [0.2, 0.25) is 0 Å². The zero-order chi connectivity index (χ0) is 17.1. The second kappa shape index (κ2) is 16.4. The molecule has 0 amide bonds. The van der Waals surface area contributed by atoms with Crippen LogP contribution in [-0.2, 0) is 26.2 Å². The van der Waals surface area contributed by atoms with Crippen molar-refractivity contribution in [1.82, 2.24) is 0 Å². The molecule has 1 aliphatic rings. The minimum Gasteiger partial charge on any atom is -1.00 e. The third kappa shape index (κ3) is 8.46. The molecule has 3 aromatic carbocycles. The molecule has 0 heterocycles. The van der Waals surface area contributed by atoms with E-state index < -0.39 is 0 Å². The standard InChI is InChI=1S/C19H17.C5H5.CH4.2CH3.2ClH.Zr/c1-12(2)14-5-7-18-16(9-14)11-17-10-15(13(3)4)6-8-19(17)18;1-2-4-5-3-1;;;;;;/h5-11H,1,3H2,2,4H3;1-3H,4H2;1H4;2*1H3;2*1H;/q2*-1;;2*-1;;;+2/p-2. The smallest absolute Gasteiger partial charge is 1.00 e. The molecule has 0 radical (unpaired) electrons. The average Bonchev–Trinajstić information content (AvgIpc) is 3.24. The zero-order valence-corrected chi connectivity index (χ0v) is 21.6. The van der Waals surface area contributed by atoms with Crippen molar-refractivity contribution in [3.05, 3.63) is 106 Å². The van der Waals surface area contributed by atoms with Gasteiger partial charge in [-0.2, -0.15) is 6.08 Å². The predicted molar refractivity (Wildman–Crippen MR) is 128 cm³/mol. The van der Waals surface area contributed by atoms with Gasteiger partial charge in [0.15, 0.2) is 0 Å². The van der Waals surface area contributed by atoms with Gasteiger partial charge in [-0.3, -0.25) is 6.08 Å². The molecule has 0 aromatic heterocycles. The molecule has 0 saturated carbocycles. The van der Waals surface area contributed by atoms with Crippen LogP contribution in [0.15, 0.2) is 73.9 Å². The van der Waals surface area contributed by atoms with Crippen LogP contribution in [0, 0.1) is 20.9 Å². The van der Waals surface area contributed by atoms with E-state index in [9.17, 15) is 0 Å². The Morgan fingerprint density at radius 1 is 0.867 bits per heavy atom. The fourth-order valence-electron chi connectivity index (χ4n) is 2.89. The molecule has 30 heavy (non-hydrogen) atoms. The first kappa shape index (κ1) is 36.1. The Morgan fingerprint density at radius 3 is 1.57 bits per heavy atom. The Hall–Kier alpha value is -1.27. The van der Waals surface area contributed by atoms with Crippen molar-refractivity contribution in [3.8, 4) is 0 Å². The second-order valence-corrected chi connectivity index (χ2v) is 6.31. The quantitative estimate of drug-likeness (QED) is 0.458. The van der Waals surface area contributed by atoms with Crippen molar-refractivity contribution in [3.63, 3.8) is 0 Å². The summed E-state index contributed by atoms with van der Waals surface area (Å²) >= 11 is 0. The van der Waals surface area contributed by atoms with Crippen molar-refractivity contribution >= 4 is 32.7 Å². The zero-order valence-electron chi connectivity index (χ0n) is 17.7. The van der Waals surface area contributed by atoms with Crippen LogP contribution >= 0.6 is 0 Å². The molecular weight excluding hydrogens is 486 g/mol. The summed E-state index contributed by atoms with van der Waals surface area (Å²) in [5.74, 6) is 0. The predicted octanol–water partition coefficient (Wildman–Crippen LogP) is 2.63. The first-order valence-electron chi connectivity index (χ1n) is 8.23. The maximum atomic E-state index is 4.01. The molecule has 3 aromatic rings. The van der Waals surface area contributed by atoms with Crippen LogP contribution < -0.4 is 24.8 Å². The molecule has 1 aliphatic carbocycles. The van der Waals surface area contributed by atoms with Crippen LogP contribution in [0.2, 0.25) is 0 Å². The Balaban J connectivity index is -0.000000274. The third-order valence-corrected chi connectivity index (χ3v) is 4.28. The molecule has 0 unspecified atom stereocenters. The number of hydrogen-bond acceptors (Lipinski definition) is 0. The molecular formula is C27H32Cl2Zr-4. The summed E-state index contributed by atoms with van der Waals surface area (Å²) < 4.78 is 0. The van der Waals surface area contributed by atoms with Gasteiger partial charge in [-0.05, 0) is 13.8 Å². The topological polar surface area (TPSA) is 0 Å². The van der Waals surface area contributed by atoms with Crippen LogP contribution in [0.1, 0.15) is 38.8 Å². The van der Waals surface area contributed by atoms with Gasteiger partial charge in [0.25, 0.3) is 0 Å². The SMILES string of the molecule is C.C=C(C)c1ccc2c(c1)[cH-]c1cc(C(=C)C)ccc12.[C-]1=CC=CC1.[CH3-].[CH3-].[Cl-].[Cl-].[Zr+2]. The molecule has 0 aliphatic heterocycles. The number of benzene rings is 2. The Kier molecular flexibility index (Phi) is 19.8. The van der Waals surface area contributed by atoms with E-state index in [1.165, 1.54) is 32.7 Å². The first-order chi connectivity index (χ1) is 11.6. The van der Waals surface area contributed by atoms with Crippen LogP contribution in [-0.4, -0.2) is 0 Å². The summed E-state index contributed by atoms with van der Waals surface area (Å²) in [6.45, 7) is 12.1. The maximum Gasteiger partial charge on any atom is 2.00 e. The number of fused-ring (bicyclic) bond motifs is 3. The molecule has 0 bridgehead atoms. The van der Waals surface area contributed by atoms with E-state index in [0.29, 0.717) is 0 Å². The van der Waals surface area contributed by atoms with E-state index in [1.54, 1.807) is 0 Å². The minimum atomic E-state index is 0. The van der Waals surface area contributed by atoms with E-state index in [4.69, 9.17) is 0 Å². The maximum absolute atomic E-state index is 4.01. The van der Waals surface area contributed by atoms with Gasteiger partial charge >= 0.3 is 26.2 Å². The van der Waals surface area contributed by atoms with E-state index >= 15 is 0 Å². The van der Waals surface area contributed by atoms with Crippen LogP contribution in [0.4, 0.5) is 0 Å². The van der Waals surface area contributed by atoms with Crippen LogP contribution in [0.25, 0.3) is 32.7 Å². The van der Waals surface area contributed by atoms with Crippen molar-refractivity contribution in [2.75, 3.05) is 0 Å². The van der Waals surface area contributed by atoms with Crippen LogP contribution in [0.5, 0.6) is 0 Å². The molecule has 0 spiro atoms. The van der Waals surface area contributed by atoms with Gasteiger partial charge in [0.05, 0.1) is 0 Å². The van der Waals surface area contributed by atoms with E-state index in [0.717, 1.165) is 17.6 Å². The van der Waals surface area contributed by atoms with E-state index in [2.05, 4.69) is 67.8 Å². The van der Waals surface area contributed by atoms with Crippen molar-refractivity contribution in [1.29, 1.82) is 0 Å². The molecule has 162 valence electrons. The number of allylic oxidation sites excluding steroid dienone is 6. The molecule has 4 rings (SSSR count). The van der Waals surface area contributed by atoms with Gasteiger partial charge in [0.1, 0.15) is 0 Å². The summed E-state index contributed by atoms with van der Waals surface area (Å²) in [6, 6.07) is 15.4. The summed E-state index contributed by atoms with van der Waals surface area (Å²) in [5, 5.41) is 5.20. The van der Waals surface area contributed by atoms with E-state index in [1.807, 2.05) is 26.0 Å². The van der Waals surface area contributed by atoms with Gasteiger partial charge < -0.3 is 39.7 Å². The Morgan fingerprint density at radius 2 is 1.30 bits per heavy atom. The van der Waals surface area contributed by atoms with Crippen molar-refractivity contribution in [2.24, 2.45) is 0 Å². The number of halogens is 2. The monoisotopic (exact) mass is 516 g/mol. The number of rotatable bonds is 2. The fraction of sp³-hybridized carbons (Fsp3) is 0.148. The van der Waals surface area contributed by atoms with Gasteiger partial charge in [-0.15, -0.1) is 46.2 Å². The molecule has 0 fully saturated rings. The van der Waals surface area contributed by atoms with Gasteiger partial charge in [-0.1, -0.05) is 67.1 Å². The molecule has 0 saturated heterocycles. The normalized spacial score (nSPS) is 9.93. The summed E-state index contributed by atoms with van der Waals surface area (Å²) in [5.41, 5.74) is 4.63. The summed E-state index contributed by atoms with van der Waals surface area (Å²) in [4.78, 5) is 0. The largest absolute Gasteiger partial charge is 2.00 e. The second-order valence-electron chi connectivity index (χ2n) is 6.31. The number of hydrogen-bond donors (Lipinski definition) is 0. The summed E-state index contributed by atoms with van der Waals surface area (Å²) in [6.07, 6.45) is 10.0. The third-order valence-electron chi connectivity index (χ3n) is 4.28. The first-order valence-corrected chi connectivity index (χ1v) is 8.23. The van der Waals surface area contributed by atoms with Crippen molar-refractivity contribution in [2.45, 2.75) is 27.7 Å². The van der Waals surface area contributed by atoms with Gasteiger partial charge in [0, 0.05) is 0 Å². The Labute approximate surface area is 216 Å². The molecule has 0 atom stereocenters. The fourth-order valence-corrected chi connectivity index (χ4v) is 2.89. The summed E-state index contributed by atoms with van der Waals surface area (Å²) in [7, 11) is 0.